The van der Waals surface area contributed by atoms with Gasteiger partial charge in [0.05, 0.1) is 25.7 Å². The topological polar surface area (TPSA) is 65.4 Å². The van der Waals surface area contributed by atoms with E-state index in [2.05, 4.69) is 10.3 Å². The quantitative estimate of drug-likeness (QED) is 0.836. The van der Waals surface area contributed by atoms with Gasteiger partial charge in [0, 0.05) is 25.5 Å². The van der Waals surface area contributed by atoms with Gasteiger partial charge in [-0.3, -0.25) is 4.79 Å². The van der Waals surface area contributed by atoms with Gasteiger partial charge in [0.15, 0.2) is 0 Å². The van der Waals surface area contributed by atoms with Gasteiger partial charge in [0.2, 0.25) is 0 Å². The molecule has 2 heterocycles. The van der Waals surface area contributed by atoms with Crippen LogP contribution >= 0.6 is 11.6 Å². The van der Waals surface area contributed by atoms with Gasteiger partial charge in [0.1, 0.15) is 16.6 Å². The van der Waals surface area contributed by atoms with Crippen molar-refractivity contribution in [2.24, 2.45) is 0 Å². The molecule has 0 saturated heterocycles. The van der Waals surface area contributed by atoms with Crippen LogP contribution in [0.3, 0.4) is 0 Å². The number of anilines is 1. The van der Waals surface area contributed by atoms with Gasteiger partial charge in [-0.05, 0) is 36.6 Å². The van der Waals surface area contributed by atoms with E-state index in [0.29, 0.717) is 24.0 Å². The average Bonchev–Trinajstić information content (AvgIpc) is 3.05. The molecule has 0 spiro atoms. The first-order chi connectivity index (χ1) is 12.5. The molecule has 7 heteroatoms. The highest BCUT2D eigenvalue weighted by molar-refractivity contribution is 6.29. The molecule has 0 aliphatic carbocycles. The van der Waals surface area contributed by atoms with E-state index in [1.165, 1.54) is 0 Å². The van der Waals surface area contributed by atoms with E-state index in [1.54, 1.807) is 25.0 Å². The molecule has 6 nitrogen and oxygen atoms in total. The highest BCUT2D eigenvalue weighted by atomic mass is 35.5. The molecule has 1 aromatic carbocycles. The van der Waals surface area contributed by atoms with Crippen molar-refractivity contribution in [1.29, 1.82) is 0 Å². The third kappa shape index (κ3) is 3.31. The molecule has 140 valence electrons. The Bertz CT molecular complexity index is 866. The van der Waals surface area contributed by atoms with Gasteiger partial charge >= 0.3 is 0 Å². The lowest BCUT2D eigenvalue weighted by atomic mass is 9.96. The minimum Gasteiger partial charge on any atom is -0.497 e. The second kappa shape index (κ2) is 7.68. The predicted molar refractivity (Wildman–Crippen MR) is 103 cm³/mol. The number of hydrogen-bond acceptors (Lipinski definition) is 5. The molecule has 0 saturated carbocycles. The molecule has 2 unspecified atom stereocenters. The number of aryl methyl sites for hydroxylation is 1. The van der Waals surface area contributed by atoms with Crippen molar-refractivity contribution in [3.63, 3.8) is 0 Å². The maximum atomic E-state index is 13.2. The van der Waals surface area contributed by atoms with E-state index in [-0.39, 0.29) is 17.5 Å². The lowest BCUT2D eigenvalue weighted by molar-refractivity contribution is 0.151. The first kappa shape index (κ1) is 18.7. The molecule has 0 radical (unpaired) electrons. The molecule has 0 bridgehead atoms. The molecule has 0 fully saturated rings. The number of methoxy groups -OCH3 is 2. The molecule has 1 N–H and O–H groups in total. The Hall–Kier alpha value is -2.05. The van der Waals surface area contributed by atoms with Crippen molar-refractivity contribution in [2.75, 3.05) is 32.7 Å². The minimum atomic E-state index is -0.170. The first-order valence-electron chi connectivity index (χ1n) is 8.70. The number of nitrogens with one attached hydrogen (secondary N) is 1. The molecular formula is C19H24ClN3O3. The van der Waals surface area contributed by atoms with Crippen molar-refractivity contribution in [3.8, 4) is 5.75 Å². The van der Waals surface area contributed by atoms with Crippen LogP contribution in [0.25, 0.3) is 0 Å². The summed E-state index contributed by atoms with van der Waals surface area (Å²) < 4.78 is 12.3. The number of hydrogen-bond donors (Lipinski definition) is 1. The summed E-state index contributed by atoms with van der Waals surface area (Å²) in [5.74, 6) is 0.597. The number of benzene rings is 1. The van der Waals surface area contributed by atoms with E-state index < -0.39 is 0 Å². The van der Waals surface area contributed by atoms with Crippen molar-refractivity contribution in [2.45, 2.75) is 32.2 Å². The second-order valence-corrected chi connectivity index (χ2v) is 6.91. The van der Waals surface area contributed by atoms with Gasteiger partial charge in [0.25, 0.3) is 5.56 Å². The number of rotatable bonds is 6. The summed E-state index contributed by atoms with van der Waals surface area (Å²) in [5.41, 5.74) is 3.45. The van der Waals surface area contributed by atoms with Crippen LogP contribution in [-0.4, -0.2) is 36.9 Å². The smallest absolute Gasteiger partial charge is 0.273 e. The Kier molecular flexibility index (Phi) is 5.53. The fourth-order valence-electron chi connectivity index (χ4n) is 3.56. The predicted octanol–water partition coefficient (Wildman–Crippen LogP) is 3.37. The zero-order chi connectivity index (χ0) is 18.8. The summed E-state index contributed by atoms with van der Waals surface area (Å²) in [5, 5.41) is 3.70. The number of halogens is 1. The third-order valence-electron chi connectivity index (χ3n) is 4.91. The highest BCUT2D eigenvalue weighted by Gasteiger charge is 2.30. The summed E-state index contributed by atoms with van der Waals surface area (Å²) in [4.78, 5) is 17.5. The average molecular weight is 378 g/mol. The second-order valence-electron chi connectivity index (χ2n) is 6.52. The Morgan fingerprint density at radius 3 is 2.85 bits per heavy atom. The zero-order valence-corrected chi connectivity index (χ0v) is 16.3. The molecule has 26 heavy (non-hydrogen) atoms. The molecular weight excluding hydrogens is 354 g/mol. The largest absolute Gasteiger partial charge is 0.497 e. The van der Waals surface area contributed by atoms with Crippen molar-refractivity contribution in [1.82, 2.24) is 9.55 Å². The van der Waals surface area contributed by atoms with E-state index in [0.717, 1.165) is 29.0 Å². The van der Waals surface area contributed by atoms with Crippen LogP contribution in [0.1, 0.15) is 42.1 Å². The lowest BCUT2D eigenvalue weighted by Crippen LogP contribution is -2.32. The summed E-state index contributed by atoms with van der Waals surface area (Å²) in [6.07, 6.45) is 2.36. The monoisotopic (exact) mass is 377 g/mol. The molecule has 2 aromatic rings. The van der Waals surface area contributed by atoms with Crippen LogP contribution in [0.15, 0.2) is 23.1 Å². The summed E-state index contributed by atoms with van der Waals surface area (Å²) in [7, 11) is 3.27. The zero-order valence-electron chi connectivity index (χ0n) is 15.5. The van der Waals surface area contributed by atoms with Crippen molar-refractivity contribution in [3.05, 3.63) is 50.7 Å². The van der Waals surface area contributed by atoms with E-state index in [1.807, 2.05) is 26.0 Å². The highest BCUT2D eigenvalue weighted by Crippen LogP contribution is 2.39. The minimum absolute atomic E-state index is 0.0763. The molecule has 1 aliphatic rings. The van der Waals surface area contributed by atoms with Crippen LogP contribution in [0.5, 0.6) is 5.75 Å². The van der Waals surface area contributed by atoms with E-state index in [4.69, 9.17) is 21.1 Å². The van der Waals surface area contributed by atoms with Crippen LogP contribution < -0.4 is 15.6 Å². The Morgan fingerprint density at radius 1 is 1.42 bits per heavy atom. The standard InChI is InChI=1S/C19H24ClN3O3/c1-5-12(10-25-3)23-9-16(20)22-18(19(23)24)15-8-21-17-11(2)6-13(26-4)7-14(15)17/h6-7,9,12,15,21H,5,8,10H2,1-4H3. The van der Waals surface area contributed by atoms with Crippen molar-refractivity contribution < 1.29 is 9.47 Å². The summed E-state index contributed by atoms with van der Waals surface area (Å²) >= 11 is 6.26. The number of aromatic nitrogens is 2. The fraction of sp³-hybridized carbons (Fsp3) is 0.474. The van der Waals surface area contributed by atoms with Crippen LogP contribution in [0, 0.1) is 6.92 Å². The normalized spacial score (nSPS) is 16.9. The van der Waals surface area contributed by atoms with E-state index in [9.17, 15) is 4.79 Å². The van der Waals surface area contributed by atoms with E-state index >= 15 is 0 Å². The Labute approximate surface area is 158 Å². The van der Waals surface area contributed by atoms with Gasteiger partial charge in [-0.1, -0.05) is 18.5 Å². The molecule has 1 aliphatic heterocycles. The third-order valence-corrected chi connectivity index (χ3v) is 5.10. The van der Waals surface area contributed by atoms with Gasteiger partial charge < -0.3 is 19.4 Å². The molecule has 1 aromatic heterocycles. The Morgan fingerprint density at radius 2 is 2.19 bits per heavy atom. The van der Waals surface area contributed by atoms with Gasteiger partial charge in [-0.15, -0.1) is 0 Å². The number of ether oxygens (including phenoxy) is 2. The summed E-state index contributed by atoms with van der Waals surface area (Å²) in [6, 6.07) is 3.86. The Balaban J connectivity index is 2.12. The molecule has 0 amide bonds. The SMILES string of the molecule is CCC(COC)n1cc(Cl)nc(C2CNc3c(C)cc(OC)cc32)c1=O. The maximum absolute atomic E-state index is 13.2. The maximum Gasteiger partial charge on any atom is 0.273 e. The van der Waals surface area contributed by atoms with Crippen LogP contribution in [-0.2, 0) is 4.74 Å². The first-order valence-corrected chi connectivity index (χ1v) is 9.07. The summed E-state index contributed by atoms with van der Waals surface area (Å²) in [6.45, 7) is 5.09. The molecule has 2 atom stereocenters. The molecule has 3 rings (SSSR count). The van der Waals surface area contributed by atoms with Crippen LogP contribution in [0.2, 0.25) is 5.15 Å². The fourth-order valence-corrected chi connectivity index (χ4v) is 3.75. The van der Waals surface area contributed by atoms with Gasteiger partial charge in [-0.25, -0.2) is 4.98 Å². The van der Waals surface area contributed by atoms with Crippen molar-refractivity contribution >= 4 is 17.3 Å². The number of fused-ring (bicyclic) bond motifs is 1. The number of nitrogens with zero attached hydrogens (tertiary/aromatic N) is 2. The lowest BCUT2D eigenvalue weighted by Gasteiger charge is -2.20. The van der Waals surface area contributed by atoms with Gasteiger partial charge in [-0.2, -0.15) is 0 Å². The van der Waals surface area contributed by atoms with Crippen LogP contribution in [0.4, 0.5) is 5.69 Å².